The molecule has 7 heteroatoms. The first-order valence-electron chi connectivity index (χ1n) is 10.7. The zero-order valence-electron chi connectivity index (χ0n) is 17.5. The minimum absolute atomic E-state index is 0.0944. The van der Waals surface area contributed by atoms with Gasteiger partial charge >= 0.3 is 0 Å². The third kappa shape index (κ3) is 5.71. The number of hydrogen-bond donors (Lipinski definition) is 3. The summed E-state index contributed by atoms with van der Waals surface area (Å²) in [6.45, 7) is 2.13. The van der Waals surface area contributed by atoms with Crippen molar-refractivity contribution in [3.8, 4) is 0 Å². The summed E-state index contributed by atoms with van der Waals surface area (Å²) in [5.41, 5.74) is 1.65. The maximum absolute atomic E-state index is 12.7. The first kappa shape index (κ1) is 21.1. The molecular weight excluding hydrogens is 366 g/mol. The van der Waals surface area contributed by atoms with Gasteiger partial charge in [-0.1, -0.05) is 31.4 Å². The molecule has 1 aromatic carbocycles. The van der Waals surface area contributed by atoms with Crippen LogP contribution >= 0.6 is 0 Å². The number of carbonyl (C=O) groups is 2. The Morgan fingerprint density at radius 3 is 2.69 bits per heavy atom. The number of aliphatic imine (C=N–C) groups is 1. The van der Waals surface area contributed by atoms with Crippen LogP contribution in [0.5, 0.6) is 0 Å². The number of benzene rings is 1. The minimum atomic E-state index is -0.0944. The lowest BCUT2D eigenvalue weighted by Crippen LogP contribution is -2.45. The summed E-state index contributed by atoms with van der Waals surface area (Å²) in [4.78, 5) is 30.9. The highest BCUT2D eigenvalue weighted by Gasteiger charge is 2.31. The minimum Gasteiger partial charge on any atom is -0.355 e. The third-order valence-electron chi connectivity index (χ3n) is 5.89. The van der Waals surface area contributed by atoms with Crippen LogP contribution in [0, 0.1) is 5.92 Å². The fraction of sp³-hybridized carbons (Fsp3) is 0.591. The van der Waals surface area contributed by atoms with Crippen molar-refractivity contribution < 1.29 is 9.59 Å². The van der Waals surface area contributed by atoms with Crippen molar-refractivity contribution in [2.45, 2.75) is 51.1 Å². The van der Waals surface area contributed by atoms with Crippen molar-refractivity contribution in [1.82, 2.24) is 20.9 Å². The number of nitrogens with one attached hydrogen (secondary N) is 3. The van der Waals surface area contributed by atoms with Gasteiger partial charge < -0.3 is 20.9 Å². The second-order valence-corrected chi connectivity index (χ2v) is 7.95. The van der Waals surface area contributed by atoms with Gasteiger partial charge in [0, 0.05) is 51.3 Å². The van der Waals surface area contributed by atoms with Crippen molar-refractivity contribution in [2.24, 2.45) is 10.9 Å². The summed E-state index contributed by atoms with van der Waals surface area (Å²) in [5, 5.41) is 9.39. The van der Waals surface area contributed by atoms with Crippen LogP contribution in [0.1, 0.15) is 54.4 Å². The Hall–Kier alpha value is -2.57. The average Bonchev–Trinajstić information content (AvgIpc) is 3.24. The lowest BCUT2D eigenvalue weighted by Gasteiger charge is -2.26. The van der Waals surface area contributed by atoms with Gasteiger partial charge in [-0.15, -0.1) is 0 Å². The molecule has 1 saturated heterocycles. The molecule has 2 fully saturated rings. The summed E-state index contributed by atoms with van der Waals surface area (Å²) < 4.78 is 0. The quantitative estimate of drug-likeness (QED) is 0.521. The number of hydrogen-bond acceptors (Lipinski definition) is 3. The molecule has 2 amide bonds. The Bertz CT molecular complexity index is 742. The van der Waals surface area contributed by atoms with Crippen molar-refractivity contribution in [3.63, 3.8) is 0 Å². The highest BCUT2D eigenvalue weighted by atomic mass is 16.2. The van der Waals surface area contributed by atoms with Crippen molar-refractivity contribution in [2.75, 3.05) is 27.2 Å². The monoisotopic (exact) mass is 399 g/mol. The molecule has 2 aliphatic rings. The van der Waals surface area contributed by atoms with Gasteiger partial charge in [0.15, 0.2) is 5.96 Å². The van der Waals surface area contributed by atoms with E-state index in [1.807, 2.05) is 23.1 Å². The van der Waals surface area contributed by atoms with Gasteiger partial charge in [-0.3, -0.25) is 14.6 Å². The highest BCUT2D eigenvalue weighted by molar-refractivity contribution is 5.94. The van der Waals surface area contributed by atoms with E-state index in [-0.39, 0.29) is 17.9 Å². The lowest BCUT2D eigenvalue weighted by atomic mass is 9.88. The number of rotatable bonds is 5. The molecule has 1 unspecified atom stereocenters. The largest absolute Gasteiger partial charge is 0.355 e. The van der Waals surface area contributed by atoms with E-state index in [0.29, 0.717) is 24.0 Å². The molecule has 158 valence electrons. The lowest BCUT2D eigenvalue weighted by molar-refractivity contribution is -0.135. The van der Waals surface area contributed by atoms with Crippen LogP contribution in [0.25, 0.3) is 0 Å². The van der Waals surface area contributed by atoms with Gasteiger partial charge in [-0.05, 0) is 37.0 Å². The zero-order chi connectivity index (χ0) is 20.6. The number of likely N-dealkylation sites (tertiary alicyclic amines) is 1. The van der Waals surface area contributed by atoms with Gasteiger partial charge in [0.1, 0.15) is 0 Å². The van der Waals surface area contributed by atoms with Crippen LogP contribution in [-0.4, -0.2) is 55.9 Å². The Kier molecular flexibility index (Phi) is 7.49. The van der Waals surface area contributed by atoms with E-state index >= 15 is 0 Å². The van der Waals surface area contributed by atoms with Crippen LogP contribution in [0.3, 0.4) is 0 Å². The van der Waals surface area contributed by atoms with Crippen LogP contribution in [0.4, 0.5) is 0 Å². The molecule has 3 N–H and O–H groups in total. The Labute approximate surface area is 173 Å². The molecule has 1 saturated carbocycles. The second kappa shape index (κ2) is 10.3. The summed E-state index contributed by atoms with van der Waals surface area (Å²) >= 11 is 0. The molecule has 0 bridgehead atoms. The van der Waals surface area contributed by atoms with E-state index in [0.717, 1.165) is 37.9 Å². The predicted molar refractivity (Wildman–Crippen MR) is 115 cm³/mol. The summed E-state index contributed by atoms with van der Waals surface area (Å²) in [6.07, 6.45) is 6.66. The molecule has 1 aromatic rings. The van der Waals surface area contributed by atoms with Crippen LogP contribution in [0.15, 0.2) is 29.3 Å². The summed E-state index contributed by atoms with van der Waals surface area (Å²) in [7, 11) is 3.37. The van der Waals surface area contributed by atoms with Gasteiger partial charge in [0.05, 0.1) is 0 Å². The van der Waals surface area contributed by atoms with Crippen LogP contribution in [0.2, 0.25) is 0 Å². The van der Waals surface area contributed by atoms with E-state index in [2.05, 4.69) is 20.9 Å². The molecule has 1 atom stereocenters. The number of carbonyl (C=O) groups excluding carboxylic acids is 2. The number of nitrogens with zero attached hydrogens (tertiary/aromatic N) is 2. The smallest absolute Gasteiger partial charge is 0.251 e. The summed E-state index contributed by atoms with van der Waals surface area (Å²) in [5.74, 6) is 1.19. The average molecular weight is 400 g/mol. The topological polar surface area (TPSA) is 85.8 Å². The molecular formula is C22H33N5O2. The Balaban J connectivity index is 1.48. The molecule has 1 aliphatic heterocycles. The molecule has 0 radical (unpaired) electrons. The first-order valence-corrected chi connectivity index (χ1v) is 10.7. The molecule has 1 aliphatic carbocycles. The van der Waals surface area contributed by atoms with Gasteiger partial charge in [-0.2, -0.15) is 0 Å². The van der Waals surface area contributed by atoms with Crippen LogP contribution in [-0.2, 0) is 11.3 Å². The van der Waals surface area contributed by atoms with Gasteiger partial charge in [0.2, 0.25) is 5.91 Å². The fourth-order valence-corrected chi connectivity index (χ4v) is 4.23. The van der Waals surface area contributed by atoms with Crippen molar-refractivity contribution >= 4 is 17.8 Å². The Morgan fingerprint density at radius 1 is 1.17 bits per heavy atom. The van der Waals surface area contributed by atoms with Gasteiger partial charge in [-0.25, -0.2) is 0 Å². The van der Waals surface area contributed by atoms with E-state index in [1.54, 1.807) is 20.2 Å². The normalized spacial score (nSPS) is 20.4. The van der Waals surface area contributed by atoms with Crippen molar-refractivity contribution in [1.29, 1.82) is 0 Å². The zero-order valence-corrected chi connectivity index (χ0v) is 17.5. The maximum Gasteiger partial charge on any atom is 0.251 e. The molecule has 0 aromatic heterocycles. The van der Waals surface area contributed by atoms with E-state index in [9.17, 15) is 9.59 Å². The first-order chi connectivity index (χ1) is 14.1. The number of guanidine groups is 1. The molecule has 29 heavy (non-hydrogen) atoms. The second-order valence-electron chi connectivity index (χ2n) is 7.95. The number of amides is 2. The van der Waals surface area contributed by atoms with Crippen LogP contribution < -0.4 is 16.0 Å². The SMILES string of the molecule is CN=C(NCc1cccc(C(=O)NC)c1)NC1CCN(C(=O)C2CCCCC2)C1. The highest BCUT2D eigenvalue weighted by Crippen LogP contribution is 2.26. The molecule has 7 nitrogen and oxygen atoms in total. The molecule has 3 rings (SSSR count). The standard InChI is InChI=1S/C22H33N5O2/c1-23-20(28)18-10-6-7-16(13-18)14-25-22(24-2)26-19-11-12-27(15-19)21(29)17-8-4-3-5-9-17/h6-7,10,13,17,19H,3-5,8-9,11-12,14-15H2,1-2H3,(H,23,28)(H2,24,25,26). The molecule has 1 heterocycles. The maximum atomic E-state index is 12.7. The van der Waals surface area contributed by atoms with E-state index in [4.69, 9.17) is 0 Å². The fourth-order valence-electron chi connectivity index (χ4n) is 4.23. The Morgan fingerprint density at radius 2 is 1.97 bits per heavy atom. The third-order valence-corrected chi connectivity index (χ3v) is 5.89. The van der Waals surface area contributed by atoms with Gasteiger partial charge in [0.25, 0.3) is 5.91 Å². The predicted octanol–water partition coefficient (Wildman–Crippen LogP) is 1.89. The van der Waals surface area contributed by atoms with Crippen molar-refractivity contribution in [3.05, 3.63) is 35.4 Å². The van der Waals surface area contributed by atoms with E-state index in [1.165, 1.54) is 19.3 Å². The van der Waals surface area contributed by atoms with E-state index < -0.39 is 0 Å². The summed E-state index contributed by atoms with van der Waals surface area (Å²) in [6, 6.07) is 7.74. The molecule has 0 spiro atoms.